The standard InChI is InChI=1S/C16H25NO3S/c1-7-21(19,20)17(11-14(18)16(4,5)6)15-12(2)9-8-10-13(15)3/h8-10H,7,11H2,1-6H3. The van der Waals surface area contributed by atoms with E-state index >= 15 is 0 Å². The monoisotopic (exact) mass is 311 g/mol. The van der Waals surface area contributed by atoms with E-state index in [9.17, 15) is 13.2 Å². The first kappa shape index (κ1) is 17.7. The average Bonchev–Trinajstić information content (AvgIpc) is 2.35. The molecule has 0 aliphatic heterocycles. The molecule has 118 valence electrons. The van der Waals surface area contributed by atoms with Crippen LogP contribution in [0.15, 0.2) is 18.2 Å². The largest absolute Gasteiger partial charge is 0.297 e. The van der Waals surface area contributed by atoms with Gasteiger partial charge in [0.1, 0.15) is 0 Å². The summed E-state index contributed by atoms with van der Waals surface area (Å²) in [6, 6.07) is 5.61. The van der Waals surface area contributed by atoms with Gasteiger partial charge in [-0.2, -0.15) is 0 Å². The topological polar surface area (TPSA) is 54.5 Å². The van der Waals surface area contributed by atoms with Crippen molar-refractivity contribution in [2.45, 2.75) is 41.5 Å². The van der Waals surface area contributed by atoms with Crippen LogP contribution in [0.25, 0.3) is 0 Å². The van der Waals surface area contributed by atoms with Gasteiger partial charge in [-0.25, -0.2) is 8.42 Å². The summed E-state index contributed by atoms with van der Waals surface area (Å²) >= 11 is 0. The normalized spacial score (nSPS) is 12.3. The molecule has 0 aromatic heterocycles. The number of aryl methyl sites for hydroxylation is 2. The molecule has 0 atom stereocenters. The fourth-order valence-corrected chi connectivity index (χ4v) is 3.23. The minimum Gasteiger partial charge on any atom is -0.297 e. The number of ketones is 1. The van der Waals surface area contributed by atoms with Gasteiger partial charge < -0.3 is 0 Å². The molecule has 0 radical (unpaired) electrons. The number of Topliss-reactive ketones (excluding diaryl/α,β-unsaturated/α-hetero) is 1. The fraction of sp³-hybridized carbons (Fsp3) is 0.562. The summed E-state index contributed by atoms with van der Waals surface area (Å²) in [5, 5.41) is 0. The van der Waals surface area contributed by atoms with Gasteiger partial charge in [0.25, 0.3) is 0 Å². The number of anilines is 1. The number of nitrogens with zero attached hydrogens (tertiary/aromatic N) is 1. The van der Waals surface area contributed by atoms with Crippen molar-refractivity contribution < 1.29 is 13.2 Å². The molecule has 0 saturated carbocycles. The molecule has 1 aromatic carbocycles. The van der Waals surface area contributed by atoms with Gasteiger partial charge in [-0.05, 0) is 31.9 Å². The Kier molecular flexibility index (Phi) is 5.20. The van der Waals surface area contributed by atoms with Crippen molar-refractivity contribution in [2.24, 2.45) is 5.41 Å². The lowest BCUT2D eigenvalue weighted by molar-refractivity contribution is -0.124. The Bertz CT molecular complexity index is 607. The average molecular weight is 311 g/mol. The third kappa shape index (κ3) is 4.06. The smallest absolute Gasteiger partial charge is 0.235 e. The highest BCUT2D eigenvalue weighted by molar-refractivity contribution is 7.92. The molecule has 21 heavy (non-hydrogen) atoms. The highest BCUT2D eigenvalue weighted by Gasteiger charge is 2.30. The molecule has 0 aliphatic carbocycles. The van der Waals surface area contributed by atoms with E-state index in [-0.39, 0.29) is 18.1 Å². The van der Waals surface area contributed by atoms with Crippen LogP contribution in [0.1, 0.15) is 38.8 Å². The summed E-state index contributed by atoms with van der Waals surface area (Å²) in [5.74, 6) is -0.125. The second-order valence-electron chi connectivity index (χ2n) is 6.32. The van der Waals surface area contributed by atoms with E-state index in [2.05, 4.69) is 0 Å². The van der Waals surface area contributed by atoms with Crippen LogP contribution in [0.3, 0.4) is 0 Å². The van der Waals surface area contributed by atoms with E-state index in [1.54, 1.807) is 27.7 Å². The molecular weight excluding hydrogens is 286 g/mol. The first-order valence-electron chi connectivity index (χ1n) is 7.10. The third-order valence-electron chi connectivity index (χ3n) is 3.51. The second kappa shape index (κ2) is 6.18. The second-order valence-corrected chi connectivity index (χ2v) is 8.50. The van der Waals surface area contributed by atoms with Crippen molar-refractivity contribution in [1.29, 1.82) is 0 Å². The molecule has 0 N–H and O–H groups in total. The van der Waals surface area contributed by atoms with Gasteiger partial charge in [-0.3, -0.25) is 9.10 Å². The number of carbonyl (C=O) groups excluding carboxylic acids is 1. The third-order valence-corrected chi connectivity index (χ3v) is 5.23. The molecule has 5 heteroatoms. The van der Waals surface area contributed by atoms with Crippen molar-refractivity contribution in [1.82, 2.24) is 0 Å². The molecule has 0 heterocycles. The Hall–Kier alpha value is -1.36. The maximum absolute atomic E-state index is 12.4. The highest BCUT2D eigenvalue weighted by atomic mass is 32.2. The van der Waals surface area contributed by atoms with Crippen LogP contribution in [0.4, 0.5) is 5.69 Å². The van der Waals surface area contributed by atoms with Crippen LogP contribution in [0.5, 0.6) is 0 Å². The summed E-state index contributed by atoms with van der Waals surface area (Å²) in [4.78, 5) is 12.3. The van der Waals surface area contributed by atoms with Gasteiger partial charge in [0.15, 0.2) is 5.78 Å². The van der Waals surface area contributed by atoms with Crippen LogP contribution in [-0.2, 0) is 14.8 Å². The van der Waals surface area contributed by atoms with Crippen LogP contribution in [0.2, 0.25) is 0 Å². The van der Waals surface area contributed by atoms with E-state index < -0.39 is 15.4 Å². The Balaban J connectivity index is 3.39. The fourth-order valence-electron chi connectivity index (χ4n) is 2.04. The van der Waals surface area contributed by atoms with Crippen LogP contribution in [0, 0.1) is 19.3 Å². The molecule has 0 saturated heterocycles. The van der Waals surface area contributed by atoms with Gasteiger partial charge in [0.2, 0.25) is 10.0 Å². The summed E-state index contributed by atoms with van der Waals surface area (Å²) in [6.45, 7) is 10.6. The Morgan fingerprint density at radius 2 is 1.62 bits per heavy atom. The van der Waals surface area contributed by atoms with E-state index in [1.165, 1.54) is 4.31 Å². The number of benzene rings is 1. The quantitative estimate of drug-likeness (QED) is 0.839. The van der Waals surface area contributed by atoms with Gasteiger partial charge in [0.05, 0.1) is 18.0 Å². The number of rotatable bonds is 5. The Morgan fingerprint density at radius 1 is 1.14 bits per heavy atom. The minimum absolute atomic E-state index is 0.0296. The van der Waals surface area contributed by atoms with E-state index in [0.717, 1.165) is 11.1 Å². The Morgan fingerprint density at radius 3 is 2.00 bits per heavy atom. The van der Waals surface area contributed by atoms with Crippen LogP contribution in [-0.4, -0.2) is 26.5 Å². The predicted octanol–water partition coefficient (Wildman–Crippen LogP) is 3.07. The Labute approximate surface area is 128 Å². The molecule has 1 aromatic rings. The molecule has 0 fully saturated rings. The predicted molar refractivity (Wildman–Crippen MR) is 87.2 cm³/mol. The van der Waals surface area contributed by atoms with Crippen molar-refractivity contribution in [3.63, 3.8) is 0 Å². The van der Waals surface area contributed by atoms with Crippen molar-refractivity contribution >= 4 is 21.5 Å². The molecular formula is C16H25NO3S. The van der Waals surface area contributed by atoms with Gasteiger partial charge >= 0.3 is 0 Å². The summed E-state index contributed by atoms with van der Waals surface area (Å²) in [5.41, 5.74) is 1.76. The number of sulfonamides is 1. The van der Waals surface area contributed by atoms with E-state index in [0.29, 0.717) is 5.69 Å². The SMILES string of the molecule is CCS(=O)(=O)N(CC(=O)C(C)(C)C)c1c(C)cccc1C. The number of hydrogen-bond donors (Lipinski definition) is 0. The molecule has 1 rings (SSSR count). The molecule has 0 unspecified atom stereocenters. The first-order valence-corrected chi connectivity index (χ1v) is 8.71. The molecule has 0 aliphatic rings. The number of hydrogen-bond acceptors (Lipinski definition) is 3. The van der Waals surface area contributed by atoms with Gasteiger partial charge in [-0.1, -0.05) is 39.0 Å². The van der Waals surface area contributed by atoms with E-state index in [1.807, 2.05) is 32.0 Å². The number of carbonyl (C=O) groups is 1. The molecule has 0 amide bonds. The summed E-state index contributed by atoms with van der Waals surface area (Å²) in [6.07, 6.45) is 0. The summed E-state index contributed by atoms with van der Waals surface area (Å²) in [7, 11) is -3.50. The van der Waals surface area contributed by atoms with Crippen molar-refractivity contribution in [3.8, 4) is 0 Å². The maximum Gasteiger partial charge on any atom is 0.235 e. The molecule has 4 nitrogen and oxygen atoms in total. The van der Waals surface area contributed by atoms with Crippen molar-refractivity contribution in [3.05, 3.63) is 29.3 Å². The van der Waals surface area contributed by atoms with Crippen LogP contribution < -0.4 is 4.31 Å². The van der Waals surface area contributed by atoms with Crippen molar-refractivity contribution in [2.75, 3.05) is 16.6 Å². The van der Waals surface area contributed by atoms with Gasteiger partial charge in [-0.15, -0.1) is 0 Å². The zero-order valence-corrected chi connectivity index (χ0v) is 14.5. The minimum atomic E-state index is -3.50. The van der Waals surface area contributed by atoms with Gasteiger partial charge in [0, 0.05) is 5.41 Å². The molecule has 0 bridgehead atoms. The first-order chi connectivity index (χ1) is 9.50. The van der Waals surface area contributed by atoms with E-state index in [4.69, 9.17) is 0 Å². The number of para-hydroxylation sites is 1. The lowest BCUT2D eigenvalue weighted by Gasteiger charge is -2.29. The lowest BCUT2D eigenvalue weighted by Crippen LogP contribution is -2.41. The maximum atomic E-state index is 12.4. The zero-order chi connectivity index (χ0) is 16.4. The van der Waals surface area contributed by atoms with Crippen LogP contribution >= 0.6 is 0 Å². The summed E-state index contributed by atoms with van der Waals surface area (Å²) < 4.78 is 26.2. The zero-order valence-electron chi connectivity index (χ0n) is 13.7. The lowest BCUT2D eigenvalue weighted by atomic mass is 9.91. The molecule has 0 spiro atoms. The highest BCUT2D eigenvalue weighted by Crippen LogP contribution is 2.28.